The average Bonchev–Trinajstić information content (AvgIpc) is 1.54. The molecule has 0 spiro atoms. The van der Waals surface area contributed by atoms with Crippen molar-refractivity contribution in [2.75, 3.05) is 0 Å². The van der Waals surface area contributed by atoms with Crippen molar-refractivity contribution in [3.05, 3.63) is 0 Å². The molecule has 0 saturated carbocycles. The van der Waals surface area contributed by atoms with E-state index in [0.717, 1.165) is 5.25 Å². The fraction of sp³-hybridized carbons (Fsp3) is 1.00. The number of hydrogen-bond donors (Lipinski definition) is 0. The van der Waals surface area contributed by atoms with Crippen molar-refractivity contribution in [2.24, 2.45) is 0 Å². The van der Waals surface area contributed by atoms with Gasteiger partial charge < -0.3 is 4.74 Å². The predicted octanol–water partition coefficient (Wildman–Crippen LogP) is 2.65. The van der Waals surface area contributed by atoms with Crippen molar-refractivity contribution in [1.82, 2.24) is 0 Å². The van der Waals surface area contributed by atoms with Gasteiger partial charge in [-0.1, -0.05) is 6.92 Å². The highest BCUT2D eigenvalue weighted by atomic mass is 32.2. The smallest absolute Gasteiger partial charge is 0.108 e. The van der Waals surface area contributed by atoms with Crippen LogP contribution < -0.4 is 0 Å². The van der Waals surface area contributed by atoms with Crippen LogP contribution in [0.25, 0.3) is 0 Å². The molecule has 1 saturated heterocycles. The van der Waals surface area contributed by atoms with Gasteiger partial charge in [0.2, 0.25) is 0 Å². The van der Waals surface area contributed by atoms with Crippen molar-refractivity contribution in [2.45, 2.75) is 50.4 Å². The minimum absolute atomic E-state index is 0.0388. The summed E-state index contributed by atoms with van der Waals surface area (Å²) in [6, 6.07) is 0. The first kappa shape index (κ1) is 8.41. The van der Waals surface area contributed by atoms with Crippen LogP contribution in [0.15, 0.2) is 0 Å². The Balaban J connectivity index is 2.51. The van der Waals surface area contributed by atoms with Gasteiger partial charge in [-0.2, -0.15) is 0 Å². The van der Waals surface area contributed by atoms with E-state index in [0.29, 0.717) is 6.10 Å². The Hall–Kier alpha value is 0.310. The minimum Gasteiger partial charge on any atom is -0.362 e. The predicted molar refractivity (Wildman–Crippen MR) is 46.3 cm³/mol. The first-order valence-corrected chi connectivity index (χ1v) is 4.73. The maximum absolute atomic E-state index is 5.71. The first-order valence-electron chi connectivity index (χ1n) is 3.85. The van der Waals surface area contributed by atoms with Crippen molar-refractivity contribution in [3.8, 4) is 0 Å². The highest BCUT2D eigenvalue weighted by molar-refractivity contribution is 8.01. The zero-order chi connectivity index (χ0) is 7.78. The highest BCUT2D eigenvalue weighted by Gasteiger charge is 2.30. The van der Waals surface area contributed by atoms with Crippen molar-refractivity contribution >= 4 is 11.8 Å². The van der Waals surface area contributed by atoms with E-state index < -0.39 is 0 Å². The molecule has 1 aliphatic heterocycles. The van der Waals surface area contributed by atoms with Crippen LogP contribution in [0.1, 0.15) is 34.1 Å². The second-order valence-electron chi connectivity index (χ2n) is 3.49. The minimum atomic E-state index is 0.0388. The highest BCUT2D eigenvalue weighted by Crippen LogP contribution is 2.38. The molecular formula is C8H16OS. The lowest BCUT2D eigenvalue weighted by Crippen LogP contribution is -2.34. The van der Waals surface area contributed by atoms with Gasteiger partial charge in [0.25, 0.3) is 0 Å². The Kier molecular flexibility index (Phi) is 2.31. The van der Waals surface area contributed by atoms with Gasteiger partial charge in [-0.15, -0.1) is 11.8 Å². The van der Waals surface area contributed by atoms with Gasteiger partial charge in [-0.3, -0.25) is 0 Å². The molecule has 2 heteroatoms. The molecule has 1 heterocycles. The van der Waals surface area contributed by atoms with E-state index in [1.807, 2.05) is 11.8 Å². The standard InChI is InChI=1S/C8H16OS/c1-6-5-7(2)10-8(3,4)9-6/h6-7H,5H2,1-4H3/t6-,7-/m1/s1. The average molecular weight is 160 g/mol. The summed E-state index contributed by atoms with van der Waals surface area (Å²) in [5, 5.41) is 0.749. The molecule has 0 amide bonds. The Labute approximate surface area is 67.5 Å². The van der Waals surface area contributed by atoms with Crippen LogP contribution in [0.3, 0.4) is 0 Å². The fourth-order valence-electron chi connectivity index (χ4n) is 1.56. The van der Waals surface area contributed by atoms with Crippen molar-refractivity contribution in [3.63, 3.8) is 0 Å². The Morgan fingerprint density at radius 1 is 1.40 bits per heavy atom. The third kappa shape index (κ3) is 2.17. The lowest BCUT2D eigenvalue weighted by Gasteiger charge is -2.37. The number of ether oxygens (including phenoxy) is 1. The number of hydrogen-bond acceptors (Lipinski definition) is 2. The molecule has 1 rings (SSSR count). The van der Waals surface area contributed by atoms with Crippen LogP contribution in [0.4, 0.5) is 0 Å². The van der Waals surface area contributed by atoms with Crippen LogP contribution in [0.2, 0.25) is 0 Å². The largest absolute Gasteiger partial charge is 0.362 e. The molecule has 0 unspecified atom stereocenters. The summed E-state index contributed by atoms with van der Waals surface area (Å²) in [7, 11) is 0. The number of rotatable bonds is 0. The summed E-state index contributed by atoms with van der Waals surface area (Å²) < 4.78 is 5.71. The molecule has 1 fully saturated rings. The molecule has 0 N–H and O–H groups in total. The molecule has 0 aliphatic carbocycles. The summed E-state index contributed by atoms with van der Waals surface area (Å²) >= 11 is 1.93. The monoisotopic (exact) mass is 160 g/mol. The van der Waals surface area contributed by atoms with Crippen LogP contribution in [0.5, 0.6) is 0 Å². The molecular weight excluding hydrogens is 144 g/mol. The molecule has 0 radical (unpaired) electrons. The van der Waals surface area contributed by atoms with Gasteiger partial charge in [0.05, 0.1) is 6.10 Å². The molecule has 0 aromatic heterocycles. The van der Waals surface area contributed by atoms with Crippen LogP contribution >= 0.6 is 11.8 Å². The van der Waals surface area contributed by atoms with E-state index in [9.17, 15) is 0 Å². The second-order valence-corrected chi connectivity index (χ2v) is 5.52. The third-order valence-electron chi connectivity index (χ3n) is 1.63. The van der Waals surface area contributed by atoms with E-state index >= 15 is 0 Å². The maximum Gasteiger partial charge on any atom is 0.108 e. The SMILES string of the molecule is C[C@@H]1C[C@@H](C)SC(C)(C)O1. The number of thioether (sulfide) groups is 1. The molecule has 1 nitrogen and oxygen atoms in total. The molecule has 0 bridgehead atoms. The van der Waals surface area contributed by atoms with Crippen LogP contribution in [-0.2, 0) is 4.74 Å². The van der Waals surface area contributed by atoms with Gasteiger partial charge in [0, 0.05) is 5.25 Å². The molecule has 60 valence electrons. The molecule has 2 atom stereocenters. The Bertz CT molecular complexity index is 110. The molecule has 1 aliphatic rings. The Morgan fingerprint density at radius 2 is 2.00 bits per heavy atom. The molecule has 0 aromatic carbocycles. The zero-order valence-electron chi connectivity index (χ0n) is 7.18. The summed E-state index contributed by atoms with van der Waals surface area (Å²) in [4.78, 5) is 0.0388. The van der Waals surface area contributed by atoms with E-state index in [1.54, 1.807) is 0 Å². The summed E-state index contributed by atoms with van der Waals surface area (Å²) in [5.74, 6) is 0. The van der Waals surface area contributed by atoms with Gasteiger partial charge in [-0.05, 0) is 27.2 Å². The van der Waals surface area contributed by atoms with Crippen LogP contribution in [0, 0.1) is 0 Å². The molecule has 10 heavy (non-hydrogen) atoms. The van der Waals surface area contributed by atoms with Gasteiger partial charge in [0.1, 0.15) is 4.93 Å². The summed E-state index contributed by atoms with van der Waals surface area (Å²) in [5.41, 5.74) is 0. The van der Waals surface area contributed by atoms with Crippen LogP contribution in [-0.4, -0.2) is 16.3 Å². The molecule has 0 aromatic rings. The zero-order valence-corrected chi connectivity index (χ0v) is 7.99. The fourth-order valence-corrected chi connectivity index (χ4v) is 3.12. The van der Waals surface area contributed by atoms with E-state index in [1.165, 1.54) is 6.42 Å². The van der Waals surface area contributed by atoms with Gasteiger partial charge >= 0.3 is 0 Å². The van der Waals surface area contributed by atoms with Gasteiger partial charge in [0.15, 0.2) is 0 Å². The Morgan fingerprint density at radius 3 is 2.40 bits per heavy atom. The topological polar surface area (TPSA) is 9.23 Å². The second kappa shape index (κ2) is 2.74. The van der Waals surface area contributed by atoms with Crippen molar-refractivity contribution < 1.29 is 4.74 Å². The summed E-state index contributed by atoms with van der Waals surface area (Å²) in [6.45, 7) is 8.71. The quantitative estimate of drug-likeness (QED) is 0.539. The lowest BCUT2D eigenvalue weighted by atomic mass is 10.2. The van der Waals surface area contributed by atoms with E-state index in [4.69, 9.17) is 4.74 Å². The van der Waals surface area contributed by atoms with Crippen molar-refractivity contribution in [1.29, 1.82) is 0 Å². The summed E-state index contributed by atoms with van der Waals surface area (Å²) in [6.07, 6.45) is 1.62. The van der Waals surface area contributed by atoms with E-state index in [-0.39, 0.29) is 4.93 Å². The third-order valence-corrected chi connectivity index (χ3v) is 2.89. The van der Waals surface area contributed by atoms with Gasteiger partial charge in [-0.25, -0.2) is 0 Å². The van der Waals surface area contributed by atoms with E-state index in [2.05, 4.69) is 27.7 Å². The normalized spacial score (nSPS) is 39.6. The maximum atomic E-state index is 5.71. The lowest BCUT2D eigenvalue weighted by molar-refractivity contribution is -0.0168. The first-order chi connectivity index (χ1) is 4.49.